The average Bonchev–Trinajstić information content (AvgIpc) is 3.11. The lowest BCUT2D eigenvalue weighted by Crippen LogP contribution is -2.69. The summed E-state index contributed by atoms with van der Waals surface area (Å²) in [5.41, 5.74) is 3.75. The molecule has 4 rings (SSSR count). The molecule has 3 unspecified atom stereocenters. The van der Waals surface area contributed by atoms with E-state index < -0.39 is 6.17 Å². The Kier molecular flexibility index (Phi) is 5.57. The Bertz CT molecular complexity index is 781. The van der Waals surface area contributed by atoms with Crippen molar-refractivity contribution in [3.05, 3.63) is 28.7 Å². The van der Waals surface area contributed by atoms with Gasteiger partial charge in [-0.15, -0.1) is 0 Å². The Labute approximate surface area is 173 Å². The van der Waals surface area contributed by atoms with Crippen LogP contribution in [0.4, 0.5) is 5.69 Å². The number of hydrogen-bond acceptors (Lipinski definition) is 5. The van der Waals surface area contributed by atoms with Crippen LogP contribution in [0.25, 0.3) is 0 Å². The number of nitrogens with one attached hydrogen (secondary N) is 2. The van der Waals surface area contributed by atoms with Crippen LogP contribution in [0.5, 0.6) is 0 Å². The van der Waals surface area contributed by atoms with Gasteiger partial charge in [0.25, 0.3) is 5.91 Å². The van der Waals surface area contributed by atoms with E-state index in [1.807, 2.05) is 24.3 Å². The number of hydrogen-bond donors (Lipinski definition) is 2. The molecule has 8 heteroatoms. The van der Waals surface area contributed by atoms with E-state index in [1.165, 1.54) is 0 Å². The number of amides is 2. The summed E-state index contributed by atoms with van der Waals surface area (Å²) in [6, 6.07) is 7.74. The molecule has 0 radical (unpaired) electrons. The maximum absolute atomic E-state index is 13.2. The molecule has 0 spiro atoms. The minimum Gasteiger partial charge on any atom is -0.325 e. The molecule has 0 aromatic heterocycles. The van der Waals surface area contributed by atoms with Crippen LogP contribution >= 0.6 is 15.9 Å². The largest absolute Gasteiger partial charge is 0.325 e. The first kappa shape index (κ1) is 19.2. The maximum Gasteiger partial charge on any atom is 0.268 e. The summed E-state index contributed by atoms with van der Waals surface area (Å²) < 4.78 is 0.956. The third-order valence-electron chi connectivity index (χ3n) is 5.78. The Hall–Kier alpha value is -2.09. The fourth-order valence-electron chi connectivity index (χ4n) is 4.55. The number of nitrogens with zero attached hydrogens (tertiary/aromatic N) is 3. The number of amidine groups is 1. The molecule has 28 heavy (non-hydrogen) atoms. The van der Waals surface area contributed by atoms with E-state index in [1.54, 1.807) is 4.90 Å². The monoisotopic (exact) mass is 447 g/mol. The molecule has 1 aromatic carbocycles. The quantitative estimate of drug-likeness (QED) is 0.727. The number of anilines is 1. The highest BCUT2D eigenvalue weighted by atomic mass is 79.9. The highest BCUT2D eigenvalue weighted by molar-refractivity contribution is 9.10. The van der Waals surface area contributed by atoms with Crippen molar-refractivity contribution < 1.29 is 9.59 Å². The number of carbonyl (C=O) groups is 2. The lowest BCUT2D eigenvalue weighted by atomic mass is 9.85. The van der Waals surface area contributed by atoms with Gasteiger partial charge >= 0.3 is 0 Å². The maximum atomic E-state index is 13.2. The second-order valence-corrected chi connectivity index (χ2v) is 8.57. The molecule has 2 N–H and O–H groups in total. The highest BCUT2D eigenvalue weighted by Crippen LogP contribution is 2.35. The zero-order chi connectivity index (χ0) is 19.7. The SMILES string of the molecule is CCCC1=NNC2C(=O)N(CC(=O)Nc3ccc(Br)cc3)C3CCCCC3N12. The van der Waals surface area contributed by atoms with E-state index in [0.29, 0.717) is 0 Å². The molecule has 2 aliphatic heterocycles. The topological polar surface area (TPSA) is 77.0 Å². The predicted molar refractivity (Wildman–Crippen MR) is 112 cm³/mol. The average molecular weight is 448 g/mol. The van der Waals surface area contributed by atoms with Gasteiger partial charge in [0.05, 0.1) is 12.1 Å². The normalized spacial score (nSPS) is 26.3. The van der Waals surface area contributed by atoms with Gasteiger partial charge in [-0.3, -0.25) is 15.0 Å². The van der Waals surface area contributed by atoms with Crippen LogP contribution in [0.3, 0.4) is 0 Å². The van der Waals surface area contributed by atoms with E-state index in [0.717, 1.165) is 54.5 Å². The zero-order valence-electron chi connectivity index (χ0n) is 16.0. The molecule has 2 amide bonds. The summed E-state index contributed by atoms with van der Waals surface area (Å²) in [5.74, 6) is 0.766. The number of rotatable bonds is 5. The Morgan fingerprint density at radius 1 is 1.25 bits per heavy atom. The predicted octanol–water partition coefficient (Wildman–Crippen LogP) is 2.89. The van der Waals surface area contributed by atoms with Crippen molar-refractivity contribution in [3.63, 3.8) is 0 Å². The molecule has 0 bridgehead atoms. The van der Waals surface area contributed by atoms with Gasteiger partial charge < -0.3 is 15.1 Å². The van der Waals surface area contributed by atoms with Crippen LogP contribution < -0.4 is 10.7 Å². The van der Waals surface area contributed by atoms with Gasteiger partial charge in [0, 0.05) is 16.6 Å². The Morgan fingerprint density at radius 2 is 1.96 bits per heavy atom. The van der Waals surface area contributed by atoms with Crippen molar-refractivity contribution in [1.29, 1.82) is 0 Å². The molecule has 1 aromatic rings. The second kappa shape index (κ2) is 8.11. The van der Waals surface area contributed by atoms with E-state index >= 15 is 0 Å². The number of carbonyl (C=O) groups excluding carboxylic acids is 2. The summed E-state index contributed by atoms with van der Waals surface area (Å²) in [6.45, 7) is 2.20. The van der Waals surface area contributed by atoms with Crippen LogP contribution in [0, 0.1) is 0 Å². The van der Waals surface area contributed by atoms with E-state index in [-0.39, 0.29) is 30.4 Å². The van der Waals surface area contributed by atoms with Crippen molar-refractivity contribution in [3.8, 4) is 0 Å². The van der Waals surface area contributed by atoms with Crippen molar-refractivity contribution in [2.75, 3.05) is 11.9 Å². The first-order valence-electron chi connectivity index (χ1n) is 10.0. The van der Waals surface area contributed by atoms with Crippen LogP contribution in [-0.2, 0) is 9.59 Å². The molecule has 3 aliphatic rings. The third kappa shape index (κ3) is 3.62. The van der Waals surface area contributed by atoms with Crippen molar-refractivity contribution in [2.45, 2.75) is 63.7 Å². The molecule has 1 saturated carbocycles. The Balaban J connectivity index is 1.50. The summed E-state index contributed by atoms with van der Waals surface area (Å²) in [5, 5.41) is 7.35. The van der Waals surface area contributed by atoms with Crippen LogP contribution in [0.1, 0.15) is 45.4 Å². The van der Waals surface area contributed by atoms with Crippen LogP contribution in [0.15, 0.2) is 33.8 Å². The standard InChI is InChI=1S/C20H26BrN5O2/c1-2-5-17-23-24-19-20(28)25(15-6-3-4-7-16(15)26(17)19)12-18(27)22-14-10-8-13(21)9-11-14/h8-11,15-16,19,24H,2-7,12H2,1H3,(H,22,27). The smallest absolute Gasteiger partial charge is 0.268 e. The first-order chi connectivity index (χ1) is 13.6. The fourth-order valence-corrected chi connectivity index (χ4v) is 4.82. The van der Waals surface area contributed by atoms with Gasteiger partial charge in [0.2, 0.25) is 5.91 Å². The molecule has 2 fully saturated rings. The molecule has 7 nitrogen and oxygen atoms in total. The molecule has 2 heterocycles. The zero-order valence-corrected chi connectivity index (χ0v) is 17.6. The molecule has 1 aliphatic carbocycles. The second-order valence-electron chi connectivity index (χ2n) is 7.66. The number of benzene rings is 1. The lowest BCUT2D eigenvalue weighted by molar-refractivity contribution is -0.151. The third-order valence-corrected chi connectivity index (χ3v) is 6.30. The molecular formula is C20H26BrN5O2. The number of hydrazone groups is 1. The highest BCUT2D eigenvalue weighted by Gasteiger charge is 2.50. The number of halogens is 1. The van der Waals surface area contributed by atoms with Gasteiger partial charge in [0.1, 0.15) is 12.4 Å². The summed E-state index contributed by atoms with van der Waals surface area (Å²) in [6.07, 6.45) is 5.59. The molecular weight excluding hydrogens is 422 g/mol. The molecule has 3 atom stereocenters. The minimum absolute atomic E-state index is 0.0519. The van der Waals surface area contributed by atoms with Gasteiger partial charge in [-0.2, -0.15) is 5.10 Å². The minimum atomic E-state index is -0.471. The van der Waals surface area contributed by atoms with Gasteiger partial charge in [-0.25, -0.2) is 0 Å². The van der Waals surface area contributed by atoms with Gasteiger partial charge in [-0.1, -0.05) is 35.7 Å². The summed E-state index contributed by atoms with van der Waals surface area (Å²) in [7, 11) is 0. The molecule has 150 valence electrons. The summed E-state index contributed by atoms with van der Waals surface area (Å²) >= 11 is 3.39. The van der Waals surface area contributed by atoms with Crippen LogP contribution in [-0.4, -0.2) is 52.2 Å². The fraction of sp³-hybridized carbons (Fsp3) is 0.550. The van der Waals surface area contributed by atoms with E-state index in [9.17, 15) is 9.59 Å². The van der Waals surface area contributed by atoms with Crippen LogP contribution in [0.2, 0.25) is 0 Å². The van der Waals surface area contributed by atoms with Crippen molar-refractivity contribution in [1.82, 2.24) is 15.2 Å². The lowest BCUT2D eigenvalue weighted by Gasteiger charge is -2.51. The number of piperazine rings is 1. The Morgan fingerprint density at radius 3 is 2.68 bits per heavy atom. The van der Waals surface area contributed by atoms with E-state index in [2.05, 4.69) is 43.6 Å². The first-order valence-corrected chi connectivity index (χ1v) is 10.8. The number of fused-ring (bicyclic) bond motifs is 3. The van der Waals surface area contributed by atoms with Crippen molar-refractivity contribution >= 4 is 39.3 Å². The van der Waals surface area contributed by atoms with Gasteiger partial charge in [-0.05, 0) is 43.5 Å². The van der Waals surface area contributed by atoms with E-state index in [4.69, 9.17) is 0 Å². The molecule has 1 saturated heterocycles. The summed E-state index contributed by atoms with van der Waals surface area (Å²) in [4.78, 5) is 29.8. The van der Waals surface area contributed by atoms with Gasteiger partial charge in [0.15, 0.2) is 6.17 Å². The van der Waals surface area contributed by atoms with Crippen molar-refractivity contribution in [2.24, 2.45) is 5.10 Å².